The number of ether oxygens (including phenoxy) is 1. The largest absolute Gasteiger partial charge is 0.508 e. The molecule has 0 spiro atoms. The van der Waals surface area contributed by atoms with Crippen LogP contribution in [0.3, 0.4) is 0 Å². The molecule has 0 saturated heterocycles. The highest BCUT2D eigenvalue weighted by Gasteiger charge is 2.30. The summed E-state index contributed by atoms with van der Waals surface area (Å²) >= 11 is 0. The zero-order valence-corrected chi connectivity index (χ0v) is 23.2. The van der Waals surface area contributed by atoms with Gasteiger partial charge < -0.3 is 36.8 Å². The van der Waals surface area contributed by atoms with Crippen LogP contribution < -0.4 is 27.0 Å². The molecule has 0 aliphatic rings. The zero-order valence-electron chi connectivity index (χ0n) is 23.2. The lowest BCUT2D eigenvalue weighted by Gasteiger charge is -2.25. The van der Waals surface area contributed by atoms with Crippen molar-refractivity contribution in [2.45, 2.75) is 50.7 Å². The van der Waals surface area contributed by atoms with E-state index in [2.05, 4.69) is 26.4 Å². The van der Waals surface area contributed by atoms with E-state index in [9.17, 15) is 34.4 Å². The van der Waals surface area contributed by atoms with Crippen LogP contribution in [0.2, 0.25) is 0 Å². The number of rotatable bonds is 15. The maximum absolute atomic E-state index is 13.4. The van der Waals surface area contributed by atoms with Crippen molar-refractivity contribution in [2.75, 3.05) is 13.7 Å². The number of phenols is 1. The van der Waals surface area contributed by atoms with Crippen molar-refractivity contribution in [1.29, 1.82) is 0 Å². The summed E-state index contributed by atoms with van der Waals surface area (Å²) in [6.45, 7) is 1.38. The number of nitro groups is 1. The number of hydrazone groups is 1. The second kappa shape index (κ2) is 16.8. The van der Waals surface area contributed by atoms with Gasteiger partial charge >= 0.3 is 5.97 Å². The maximum Gasteiger partial charge on any atom is 0.328 e. The predicted octanol–water partition coefficient (Wildman–Crippen LogP) is -0.299. The van der Waals surface area contributed by atoms with E-state index in [0.29, 0.717) is 5.56 Å². The van der Waals surface area contributed by atoms with Gasteiger partial charge in [0, 0.05) is 26.3 Å². The van der Waals surface area contributed by atoms with E-state index in [-0.39, 0.29) is 38.0 Å². The van der Waals surface area contributed by atoms with Gasteiger partial charge in [-0.3, -0.25) is 14.4 Å². The van der Waals surface area contributed by atoms with Crippen molar-refractivity contribution in [3.8, 4) is 5.75 Å². The van der Waals surface area contributed by atoms with Crippen LogP contribution in [0.15, 0.2) is 59.7 Å². The number of guanidine groups is 1. The van der Waals surface area contributed by atoms with Crippen LogP contribution in [-0.2, 0) is 36.8 Å². The van der Waals surface area contributed by atoms with Crippen LogP contribution in [0, 0.1) is 10.1 Å². The number of nitrogens with two attached hydrogens (primary N) is 1. The molecule has 2 aromatic carbocycles. The summed E-state index contributed by atoms with van der Waals surface area (Å²) in [4.78, 5) is 61.5. The second-order valence-electron chi connectivity index (χ2n) is 9.25. The second-order valence-corrected chi connectivity index (χ2v) is 9.25. The first-order valence-electron chi connectivity index (χ1n) is 13.0. The Labute approximate surface area is 242 Å². The Morgan fingerprint density at radius 3 is 2.02 bits per heavy atom. The van der Waals surface area contributed by atoms with Gasteiger partial charge in [-0.2, -0.15) is 0 Å². The summed E-state index contributed by atoms with van der Waals surface area (Å²) in [6.07, 6.45) is 0.499. The highest BCUT2D eigenvalue weighted by molar-refractivity contribution is 5.93. The Kier molecular flexibility index (Phi) is 13.2. The van der Waals surface area contributed by atoms with Gasteiger partial charge in [0.2, 0.25) is 17.7 Å². The number of phenolic OH excluding ortho intramolecular Hbond substituents is 1. The summed E-state index contributed by atoms with van der Waals surface area (Å²) in [5, 5.41) is 32.3. The Hall–Kier alpha value is -5.21. The number of benzene rings is 2. The van der Waals surface area contributed by atoms with E-state index in [1.54, 1.807) is 42.5 Å². The van der Waals surface area contributed by atoms with Crippen molar-refractivity contribution < 1.29 is 34.1 Å². The van der Waals surface area contributed by atoms with Gasteiger partial charge in [0.25, 0.3) is 5.96 Å². The molecule has 3 amide bonds. The Morgan fingerprint density at radius 2 is 1.48 bits per heavy atom. The molecule has 42 heavy (non-hydrogen) atoms. The molecule has 15 nitrogen and oxygen atoms in total. The lowest BCUT2D eigenvalue weighted by molar-refractivity contribution is -0.485. The highest BCUT2D eigenvalue weighted by atomic mass is 16.7. The molecule has 0 aliphatic heterocycles. The molecule has 2 rings (SSSR count). The van der Waals surface area contributed by atoms with Crippen LogP contribution in [0.1, 0.15) is 30.9 Å². The monoisotopic (exact) mass is 585 g/mol. The molecule has 0 radical (unpaired) electrons. The summed E-state index contributed by atoms with van der Waals surface area (Å²) in [5.74, 6) is -2.86. The fourth-order valence-corrected chi connectivity index (χ4v) is 3.96. The SMILES string of the molecule is COC(=O)[C@H](CCCN/C(N)=N/[N+](=O)[O-])NC(=O)[C@@H](Cc1ccccc1)NC(=O)[C@H](Cc1ccc(O)cc1)NC(C)=O. The average Bonchev–Trinajstić information content (AvgIpc) is 2.94. The van der Waals surface area contributed by atoms with E-state index >= 15 is 0 Å². The first-order chi connectivity index (χ1) is 20.0. The van der Waals surface area contributed by atoms with Crippen LogP contribution in [0.25, 0.3) is 0 Å². The van der Waals surface area contributed by atoms with Crippen molar-refractivity contribution in [2.24, 2.45) is 10.8 Å². The Bertz CT molecular complexity index is 1250. The molecule has 0 saturated carbocycles. The molecule has 3 atom stereocenters. The van der Waals surface area contributed by atoms with E-state index in [1.165, 1.54) is 19.1 Å². The molecule has 0 bridgehead atoms. The highest BCUT2D eigenvalue weighted by Crippen LogP contribution is 2.12. The summed E-state index contributed by atoms with van der Waals surface area (Å²) in [5.41, 5.74) is 6.78. The van der Waals surface area contributed by atoms with E-state index in [1.807, 2.05) is 0 Å². The van der Waals surface area contributed by atoms with Gasteiger partial charge in [-0.05, 0) is 36.1 Å². The Balaban J connectivity index is 2.19. The van der Waals surface area contributed by atoms with Gasteiger partial charge in [-0.15, -0.1) is 0 Å². The molecule has 2 aromatic rings. The summed E-state index contributed by atoms with van der Waals surface area (Å²) < 4.78 is 4.82. The first kappa shape index (κ1) is 33.0. The topological polar surface area (TPSA) is 227 Å². The number of amides is 3. The normalized spacial score (nSPS) is 13.1. The zero-order chi connectivity index (χ0) is 31.1. The van der Waals surface area contributed by atoms with Crippen molar-refractivity contribution >= 4 is 29.7 Å². The van der Waals surface area contributed by atoms with Crippen LogP contribution in [-0.4, -0.2) is 71.6 Å². The van der Waals surface area contributed by atoms with Crippen molar-refractivity contribution in [3.63, 3.8) is 0 Å². The fourth-order valence-electron chi connectivity index (χ4n) is 3.96. The van der Waals surface area contributed by atoms with E-state index < -0.39 is 52.8 Å². The number of hydrogen-bond donors (Lipinski definition) is 6. The van der Waals surface area contributed by atoms with Crippen LogP contribution in [0.4, 0.5) is 0 Å². The van der Waals surface area contributed by atoms with Gasteiger partial charge in [0.05, 0.1) is 7.11 Å². The number of carbonyl (C=O) groups is 4. The third-order valence-corrected chi connectivity index (χ3v) is 5.95. The summed E-state index contributed by atoms with van der Waals surface area (Å²) in [6, 6.07) is 11.7. The number of hydrogen-bond acceptors (Lipinski definition) is 8. The quantitative estimate of drug-likeness (QED) is 0.0399. The van der Waals surface area contributed by atoms with Crippen molar-refractivity contribution in [3.05, 3.63) is 75.8 Å². The van der Waals surface area contributed by atoms with Crippen LogP contribution in [0.5, 0.6) is 5.75 Å². The lowest BCUT2D eigenvalue weighted by atomic mass is 10.0. The number of nitrogens with one attached hydrogen (secondary N) is 4. The lowest BCUT2D eigenvalue weighted by Crippen LogP contribution is -2.56. The number of carbonyl (C=O) groups excluding carboxylic acids is 4. The molecule has 7 N–H and O–H groups in total. The third-order valence-electron chi connectivity index (χ3n) is 5.95. The molecule has 226 valence electrons. The molecule has 15 heteroatoms. The van der Waals surface area contributed by atoms with Gasteiger partial charge in [0.15, 0.2) is 5.03 Å². The number of nitrogens with zero attached hydrogens (tertiary/aromatic N) is 2. The van der Waals surface area contributed by atoms with E-state index in [0.717, 1.165) is 12.7 Å². The minimum absolute atomic E-state index is 0.0444. The summed E-state index contributed by atoms with van der Waals surface area (Å²) in [7, 11) is 1.16. The number of aromatic hydroxyl groups is 1. The molecule has 0 fully saturated rings. The average molecular weight is 586 g/mol. The Morgan fingerprint density at radius 1 is 0.929 bits per heavy atom. The first-order valence-corrected chi connectivity index (χ1v) is 13.0. The minimum atomic E-state index is -1.14. The van der Waals surface area contributed by atoms with Crippen LogP contribution >= 0.6 is 0 Å². The van der Waals surface area contributed by atoms with Crippen molar-refractivity contribution in [1.82, 2.24) is 21.3 Å². The molecule has 0 aromatic heterocycles. The van der Waals surface area contributed by atoms with E-state index in [4.69, 9.17) is 10.5 Å². The van der Waals surface area contributed by atoms with Gasteiger partial charge in [-0.1, -0.05) is 42.5 Å². The van der Waals surface area contributed by atoms with Gasteiger partial charge in [-0.25, -0.2) is 14.9 Å². The maximum atomic E-state index is 13.4. The number of methoxy groups -OCH3 is 1. The standard InChI is InChI=1S/C27H35N7O8/c1-17(35)30-22(16-19-10-12-20(36)13-11-19)24(37)32-23(15-18-7-4-3-5-8-18)25(38)31-21(26(39)42-2)9-6-14-29-27(28)33-34(40)41/h3-5,7-8,10-13,21-23,36H,6,9,14-16H2,1-2H3,(H,30,35)(H,31,38)(H,32,37)(H3,28,29,33)/t21-,22-,23+/m0/s1. The van der Waals surface area contributed by atoms with Gasteiger partial charge in [0.1, 0.15) is 29.0 Å². The predicted molar refractivity (Wildman–Crippen MR) is 151 cm³/mol. The minimum Gasteiger partial charge on any atom is -0.508 e. The molecule has 0 heterocycles. The number of esters is 1. The third kappa shape index (κ3) is 11.9. The molecule has 0 unspecified atom stereocenters. The fraction of sp³-hybridized carbons (Fsp3) is 0.370. The molecular weight excluding hydrogens is 550 g/mol. The molecule has 0 aliphatic carbocycles. The molecular formula is C27H35N7O8. The smallest absolute Gasteiger partial charge is 0.328 e.